The van der Waals surface area contributed by atoms with Gasteiger partial charge in [-0.2, -0.15) is 0 Å². The largest absolute Gasteiger partial charge is 0.458 e. The molecule has 0 aliphatic carbocycles. The Morgan fingerprint density at radius 3 is 2.36 bits per heavy atom. The summed E-state index contributed by atoms with van der Waals surface area (Å²) in [6.45, 7) is 7.82. The monoisotopic (exact) mass is 1080 g/mol. The van der Waals surface area contributed by atoms with Gasteiger partial charge < -0.3 is 55.0 Å². The van der Waals surface area contributed by atoms with Gasteiger partial charge in [-0.25, -0.2) is 28.2 Å². The number of nitrogens with one attached hydrogen (secondary N) is 4. The first-order valence-corrected chi connectivity index (χ1v) is 27.9. The standard InChI is InChI=1S/C54H64N10O12S/c1-6-54(71)39-24-41-47-37(29-64(41)49(68)38(39)30-74-51(54)70)35(36-23-42-43(76-31-75-42)25-40(36)59-47)12-10-18-55-45(66)28-56-50(69)53(16-21-63(22-17-53)34-14-19-62(4)20-15-34)61-48(67)46(32(2)3)60-44(65)13-9-7-8-11-33-26-57-52(58-27-33)77(5,72)73/h10,12,23-27,32,34,46,71H,6-7,9,13-22,28-31H2,1-5H3,(H,55,66)(H,56,69)(H,60,65)(H,61,67)/b12-10+/t46-,54-/m0/s1. The SMILES string of the molecule is CC[C@@]1(O)C(=O)OCc2c1cc1n(c2=O)Cc2c-1nc1cc3c(cc1c2/C=C/CNC(=O)CNC(=O)C1(NC(=O)[C@@H](NC(=O)CCCC#Cc2cnc(S(C)(=O)=O)nc2)C(C)C)CCN(C2CCN(C)CC2)CC1)OCO3. The van der Waals surface area contributed by atoms with Crippen LogP contribution < -0.4 is 36.3 Å². The van der Waals surface area contributed by atoms with E-state index in [1.165, 1.54) is 12.4 Å². The quantitative estimate of drug-likeness (QED) is 0.0407. The van der Waals surface area contributed by atoms with Gasteiger partial charge in [0.1, 0.15) is 18.2 Å². The van der Waals surface area contributed by atoms with Gasteiger partial charge in [0.15, 0.2) is 17.1 Å². The van der Waals surface area contributed by atoms with Crippen molar-refractivity contribution in [1.29, 1.82) is 0 Å². The van der Waals surface area contributed by atoms with E-state index in [0.29, 0.717) is 82.5 Å². The molecule has 408 valence electrons. The van der Waals surface area contributed by atoms with Gasteiger partial charge in [-0.15, -0.1) is 0 Å². The molecule has 5 N–H and O–H groups in total. The van der Waals surface area contributed by atoms with Gasteiger partial charge in [-0.1, -0.05) is 44.8 Å². The summed E-state index contributed by atoms with van der Waals surface area (Å²) in [6, 6.07) is 4.58. The Morgan fingerprint density at radius 1 is 0.961 bits per heavy atom. The molecule has 0 spiro atoms. The Bertz CT molecular complexity index is 3280. The van der Waals surface area contributed by atoms with Crippen LogP contribution in [0.4, 0.5) is 0 Å². The van der Waals surface area contributed by atoms with Crippen LogP contribution in [0.5, 0.6) is 11.5 Å². The molecule has 3 aromatic heterocycles. The normalized spacial score (nSPS) is 19.4. The molecule has 23 heteroatoms. The number of hydrogen-bond donors (Lipinski definition) is 5. The number of sulfone groups is 1. The van der Waals surface area contributed by atoms with E-state index in [2.05, 4.69) is 59.9 Å². The molecule has 2 saturated heterocycles. The molecule has 0 bridgehead atoms. The Kier molecular flexibility index (Phi) is 15.8. The molecule has 8 heterocycles. The Labute approximate surface area is 445 Å². The number of ether oxygens (including phenoxy) is 3. The molecule has 5 aliphatic heterocycles. The summed E-state index contributed by atoms with van der Waals surface area (Å²) in [6.07, 6.45) is 10.6. The van der Waals surface area contributed by atoms with Crippen molar-refractivity contribution in [1.82, 2.24) is 50.6 Å². The van der Waals surface area contributed by atoms with E-state index in [9.17, 15) is 42.3 Å². The minimum atomic E-state index is -3.55. The zero-order valence-electron chi connectivity index (χ0n) is 43.8. The predicted octanol–water partition coefficient (Wildman–Crippen LogP) is 1.66. The predicted molar refractivity (Wildman–Crippen MR) is 281 cm³/mol. The number of esters is 1. The number of cyclic esters (lactones) is 1. The molecular weight excluding hydrogens is 1010 g/mol. The second-order valence-corrected chi connectivity index (χ2v) is 22.6. The molecular formula is C54H64N10O12S. The van der Waals surface area contributed by atoms with Crippen molar-refractivity contribution in [3.8, 4) is 34.7 Å². The van der Waals surface area contributed by atoms with Crippen molar-refractivity contribution >= 4 is 56.4 Å². The molecule has 2 atom stereocenters. The smallest absolute Gasteiger partial charge is 0.343 e. The van der Waals surface area contributed by atoms with E-state index in [0.717, 1.165) is 32.2 Å². The lowest BCUT2D eigenvalue weighted by atomic mass is 9.84. The maximum Gasteiger partial charge on any atom is 0.343 e. The third kappa shape index (κ3) is 11.4. The lowest BCUT2D eigenvalue weighted by Crippen LogP contribution is -2.67. The Morgan fingerprint density at radius 2 is 1.68 bits per heavy atom. The lowest BCUT2D eigenvalue weighted by molar-refractivity contribution is -0.172. The molecule has 9 rings (SSSR count). The number of aliphatic hydroxyl groups is 1. The zero-order valence-corrected chi connectivity index (χ0v) is 44.6. The van der Waals surface area contributed by atoms with Gasteiger partial charge in [0.05, 0.1) is 41.1 Å². The summed E-state index contributed by atoms with van der Waals surface area (Å²) in [4.78, 5) is 99.4. The summed E-state index contributed by atoms with van der Waals surface area (Å²) in [5, 5.41) is 23.4. The summed E-state index contributed by atoms with van der Waals surface area (Å²) < 4.78 is 41.5. The maximum atomic E-state index is 14.4. The number of aromatic nitrogens is 4. The molecule has 4 amide bonds. The number of likely N-dealkylation sites (tertiary alicyclic amines) is 2. The number of carbonyl (C=O) groups is 5. The molecule has 5 aliphatic rings. The molecule has 0 radical (unpaired) electrons. The van der Waals surface area contributed by atoms with Gasteiger partial charge in [0.25, 0.3) is 5.56 Å². The Hall–Kier alpha value is -7.26. The topological polar surface area (TPSA) is 283 Å². The van der Waals surface area contributed by atoms with Crippen LogP contribution in [0.15, 0.2) is 46.6 Å². The fourth-order valence-electron chi connectivity index (χ4n) is 10.6. The maximum absolute atomic E-state index is 14.4. The van der Waals surface area contributed by atoms with Crippen LogP contribution in [-0.4, -0.2) is 149 Å². The van der Waals surface area contributed by atoms with E-state index in [1.807, 2.05) is 12.1 Å². The second-order valence-electron chi connectivity index (χ2n) is 20.7. The van der Waals surface area contributed by atoms with Crippen LogP contribution in [0.1, 0.15) is 100.0 Å². The van der Waals surface area contributed by atoms with Crippen LogP contribution >= 0.6 is 0 Å². The number of pyridine rings is 2. The van der Waals surface area contributed by atoms with E-state index in [4.69, 9.17) is 19.2 Å². The van der Waals surface area contributed by atoms with Crippen LogP contribution in [0.2, 0.25) is 0 Å². The number of nitrogens with zero attached hydrogens (tertiary/aromatic N) is 6. The molecule has 1 aromatic carbocycles. The summed E-state index contributed by atoms with van der Waals surface area (Å²) >= 11 is 0. The summed E-state index contributed by atoms with van der Waals surface area (Å²) in [7, 11) is -1.45. The van der Waals surface area contributed by atoms with Crippen molar-refractivity contribution in [2.45, 2.75) is 114 Å². The van der Waals surface area contributed by atoms with Gasteiger partial charge in [-0.3, -0.25) is 24.0 Å². The van der Waals surface area contributed by atoms with Gasteiger partial charge in [0.2, 0.25) is 45.4 Å². The number of benzene rings is 1. The average molecular weight is 1080 g/mol. The van der Waals surface area contributed by atoms with E-state index < -0.39 is 56.3 Å². The minimum absolute atomic E-state index is 0.00279. The number of unbranched alkanes of at least 4 members (excludes halogenated alkanes) is 1. The third-order valence-corrected chi connectivity index (χ3v) is 16.0. The minimum Gasteiger partial charge on any atom is -0.458 e. The van der Waals surface area contributed by atoms with E-state index in [-0.39, 0.29) is 86.8 Å². The highest BCUT2D eigenvalue weighted by atomic mass is 32.2. The molecule has 4 aromatic rings. The van der Waals surface area contributed by atoms with E-state index in [1.54, 1.807) is 43.5 Å². The Balaban J connectivity index is 0.859. The first-order chi connectivity index (χ1) is 36.8. The number of carbonyl (C=O) groups excluding carboxylic acids is 5. The molecule has 0 saturated carbocycles. The lowest BCUT2D eigenvalue weighted by Gasteiger charge is -2.45. The molecule has 2 fully saturated rings. The van der Waals surface area contributed by atoms with Crippen molar-refractivity contribution in [2.24, 2.45) is 5.92 Å². The van der Waals surface area contributed by atoms with E-state index >= 15 is 0 Å². The van der Waals surface area contributed by atoms with Crippen LogP contribution in [0.3, 0.4) is 0 Å². The van der Waals surface area contributed by atoms with Crippen molar-refractivity contribution in [3.05, 3.63) is 74.8 Å². The van der Waals surface area contributed by atoms with Gasteiger partial charge in [0, 0.05) is 79.7 Å². The number of hydrogen-bond acceptors (Lipinski definition) is 17. The second kappa shape index (κ2) is 22.4. The van der Waals surface area contributed by atoms with Crippen LogP contribution in [0, 0.1) is 17.8 Å². The number of rotatable bonds is 16. The fraction of sp³-hybridized carbons (Fsp3) is 0.500. The molecule has 77 heavy (non-hydrogen) atoms. The molecule has 0 unspecified atom stereocenters. The highest BCUT2D eigenvalue weighted by Crippen LogP contribution is 2.43. The van der Waals surface area contributed by atoms with Crippen LogP contribution in [0.25, 0.3) is 28.4 Å². The van der Waals surface area contributed by atoms with Gasteiger partial charge >= 0.3 is 5.97 Å². The average Bonchev–Trinajstić information content (AvgIpc) is 4.04. The zero-order chi connectivity index (χ0) is 54.8. The van der Waals surface area contributed by atoms with Gasteiger partial charge in [-0.05, 0) is 82.3 Å². The number of piperidine rings is 2. The van der Waals surface area contributed by atoms with Crippen molar-refractivity contribution in [3.63, 3.8) is 0 Å². The highest BCUT2D eigenvalue weighted by Gasteiger charge is 2.47. The first-order valence-electron chi connectivity index (χ1n) is 26.0. The summed E-state index contributed by atoms with van der Waals surface area (Å²) in [5.74, 6) is 3.78. The molecule has 22 nitrogen and oxygen atoms in total. The number of amides is 4. The summed E-state index contributed by atoms with van der Waals surface area (Å²) in [5.41, 5.74) is -0.115. The number of fused-ring (bicyclic) bond motifs is 6. The fourth-order valence-corrected chi connectivity index (χ4v) is 11.1. The highest BCUT2D eigenvalue weighted by molar-refractivity contribution is 7.90. The third-order valence-electron chi connectivity index (χ3n) is 15.2. The van der Waals surface area contributed by atoms with Crippen molar-refractivity contribution < 1.29 is 51.7 Å². The van der Waals surface area contributed by atoms with Crippen molar-refractivity contribution in [2.75, 3.05) is 59.4 Å². The van der Waals surface area contributed by atoms with Crippen LogP contribution in [-0.2, 0) is 57.3 Å². The first kappa shape index (κ1) is 54.5.